The van der Waals surface area contributed by atoms with Gasteiger partial charge in [0, 0.05) is 35.3 Å². The minimum atomic E-state index is -0.0468. The van der Waals surface area contributed by atoms with Gasteiger partial charge in [-0.15, -0.1) is 0 Å². The number of hydrogen-bond donors (Lipinski definition) is 0. The Morgan fingerprint density at radius 2 is 1.14 bits per heavy atom. The fraction of sp³-hybridized carbons (Fsp3) is 0.226. The lowest BCUT2D eigenvalue weighted by Gasteiger charge is -2.26. The van der Waals surface area contributed by atoms with Crippen molar-refractivity contribution in [3.05, 3.63) is 169 Å². The predicted molar refractivity (Wildman–Crippen MR) is 242 cm³/mol. The summed E-state index contributed by atoms with van der Waals surface area (Å²) in [6, 6.07) is 47.1. The summed E-state index contributed by atoms with van der Waals surface area (Å²) in [4.78, 5) is 9.78. The van der Waals surface area contributed by atoms with E-state index >= 15 is 0 Å². The van der Waals surface area contributed by atoms with Gasteiger partial charge < -0.3 is 4.74 Å². The Labute approximate surface area is 347 Å². The molecule has 4 heterocycles. The van der Waals surface area contributed by atoms with E-state index in [1.165, 1.54) is 22.1 Å². The fourth-order valence-electron chi connectivity index (χ4n) is 7.96. The van der Waals surface area contributed by atoms with E-state index in [4.69, 9.17) is 14.7 Å². The third-order valence-electron chi connectivity index (χ3n) is 11.3. The average Bonchev–Trinajstić information content (AvgIpc) is 3.77. The summed E-state index contributed by atoms with van der Waals surface area (Å²) in [5.41, 5.74) is 11.2. The first-order chi connectivity index (χ1) is 28.1. The Hall–Kier alpha value is -6.53. The lowest BCUT2D eigenvalue weighted by molar-refractivity contribution is -0.572. The van der Waals surface area contributed by atoms with E-state index < -0.39 is 0 Å². The van der Waals surface area contributed by atoms with Gasteiger partial charge >= 0.3 is 0 Å². The molecule has 0 N–H and O–H groups in total. The van der Waals surface area contributed by atoms with Crippen molar-refractivity contribution in [3.63, 3.8) is 0 Å². The highest BCUT2D eigenvalue weighted by Gasteiger charge is 2.24. The Morgan fingerprint density at radius 1 is 0.508 bits per heavy atom. The molecule has 6 nitrogen and oxygen atoms in total. The van der Waals surface area contributed by atoms with Crippen molar-refractivity contribution >= 4 is 32.8 Å². The van der Waals surface area contributed by atoms with Gasteiger partial charge in [-0.1, -0.05) is 135 Å². The van der Waals surface area contributed by atoms with Crippen LogP contribution in [0.1, 0.15) is 79.0 Å². The predicted octanol–water partition coefficient (Wildman–Crippen LogP) is 12.9. The van der Waals surface area contributed by atoms with E-state index in [1.807, 2.05) is 30.6 Å². The van der Waals surface area contributed by atoms with Crippen molar-refractivity contribution in [1.29, 1.82) is 0 Å². The standard InChI is InChI=1S/C53H51N5O/c1-51(2,3)36-24-26-55-49(31-36)58-45-20-14-13-18-43(45)44-23-22-40(32-47(44)58)59-41-25-27-54-48(33-41)57-34-56(39-29-37(52(4,5)6)28-38(30-39)53(7,8)9)50-42(19-15-21-46(50)57)35-16-11-10-12-17-35/h10-33H,1-9H3. The number of ether oxygens (including phenoxy) is 1. The number of imidazole rings is 1. The molecule has 0 unspecified atom stereocenters. The summed E-state index contributed by atoms with van der Waals surface area (Å²) in [6.45, 7) is 20.4. The summed E-state index contributed by atoms with van der Waals surface area (Å²) in [5.74, 6) is 2.99. The number of hydrogen-bond acceptors (Lipinski definition) is 3. The molecule has 0 aliphatic heterocycles. The zero-order valence-corrected chi connectivity index (χ0v) is 35.5. The molecule has 9 aromatic rings. The molecule has 0 aliphatic rings. The molecule has 0 bridgehead atoms. The quantitative estimate of drug-likeness (QED) is 0.125. The molecule has 5 aromatic carbocycles. The molecule has 9 rings (SSSR count). The molecule has 0 saturated carbocycles. The molecular weight excluding hydrogens is 723 g/mol. The molecule has 0 radical (unpaired) electrons. The molecule has 294 valence electrons. The number of nitrogens with zero attached hydrogens (tertiary/aromatic N) is 5. The molecule has 59 heavy (non-hydrogen) atoms. The van der Waals surface area contributed by atoms with Crippen molar-refractivity contribution in [2.75, 3.05) is 0 Å². The van der Waals surface area contributed by atoms with Crippen molar-refractivity contribution in [2.45, 2.75) is 78.6 Å². The maximum Gasteiger partial charge on any atom is 0.271 e. The summed E-state index contributed by atoms with van der Waals surface area (Å²) < 4.78 is 13.2. The van der Waals surface area contributed by atoms with Crippen LogP contribution in [-0.4, -0.2) is 19.1 Å². The number of benzene rings is 5. The summed E-state index contributed by atoms with van der Waals surface area (Å²) in [5, 5.41) is 2.31. The van der Waals surface area contributed by atoms with Crippen LogP contribution < -0.4 is 9.30 Å². The first-order valence-corrected chi connectivity index (χ1v) is 20.5. The minimum Gasteiger partial charge on any atom is -0.458 e. The second-order valence-electron chi connectivity index (χ2n) is 18.7. The smallest absolute Gasteiger partial charge is 0.271 e. The molecular formula is C53H51N5O. The Balaban J connectivity index is 1.18. The SMILES string of the molecule is CC(C)(C)c1cc(-[n+]2[c-]n(-c3cc(Oc4ccc5c6ccccc6n(-c6cc(C(C)(C)C)ccn6)c5c4)ccn3)c3cccc(-c4ccccc4)c32)cc(C(C)(C)C)c1. The zero-order valence-electron chi connectivity index (χ0n) is 35.5. The van der Waals surface area contributed by atoms with Gasteiger partial charge in [-0.25, -0.2) is 4.98 Å². The van der Waals surface area contributed by atoms with Gasteiger partial charge in [0.25, 0.3) is 6.33 Å². The van der Waals surface area contributed by atoms with Crippen LogP contribution in [0.5, 0.6) is 11.5 Å². The minimum absolute atomic E-state index is 0.0134. The van der Waals surface area contributed by atoms with E-state index in [0.29, 0.717) is 11.6 Å². The molecule has 0 fully saturated rings. The van der Waals surface area contributed by atoms with Crippen LogP contribution >= 0.6 is 0 Å². The zero-order chi connectivity index (χ0) is 41.3. The van der Waals surface area contributed by atoms with E-state index in [-0.39, 0.29) is 16.2 Å². The van der Waals surface area contributed by atoms with Gasteiger partial charge in [0.05, 0.1) is 27.8 Å². The molecule has 4 aromatic heterocycles. The van der Waals surface area contributed by atoms with E-state index in [9.17, 15) is 0 Å². The van der Waals surface area contributed by atoms with Crippen molar-refractivity contribution in [1.82, 2.24) is 19.1 Å². The third-order valence-corrected chi connectivity index (χ3v) is 11.3. The van der Waals surface area contributed by atoms with Crippen molar-refractivity contribution < 1.29 is 9.30 Å². The van der Waals surface area contributed by atoms with Gasteiger partial charge in [-0.2, -0.15) is 0 Å². The van der Waals surface area contributed by atoms with Crippen LogP contribution in [0.3, 0.4) is 0 Å². The Kier molecular flexibility index (Phi) is 9.08. The molecule has 0 atom stereocenters. The van der Waals surface area contributed by atoms with Gasteiger partial charge in [-0.05, 0) is 92.6 Å². The Bertz CT molecular complexity index is 2990. The van der Waals surface area contributed by atoms with Crippen LogP contribution in [0, 0.1) is 6.33 Å². The van der Waals surface area contributed by atoms with Crippen LogP contribution in [0.15, 0.2) is 146 Å². The number of fused-ring (bicyclic) bond motifs is 4. The fourth-order valence-corrected chi connectivity index (χ4v) is 7.96. The molecule has 0 saturated heterocycles. The van der Waals surface area contributed by atoms with E-state index in [2.05, 4.69) is 198 Å². The molecule has 0 amide bonds. The molecule has 6 heteroatoms. The van der Waals surface area contributed by atoms with Crippen molar-refractivity contribution in [2.24, 2.45) is 0 Å². The highest BCUT2D eigenvalue weighted by Crippen LogP contribution is 2.37. The number of aromatic nitrogens is 5. The van der Waals surface area contributed by atoms with E-state index in [0.717, 1.165) is 55.8 Å². The lowest BCUT2D eigenvalue weighted by atomic mass is 9.80. The number of para-hydroxylation sites is 2. The summed E-state index contributed by atoms with van der Waals surface area (Å²) in [7, 11) is 0. The first-order valence-electron chi connectivity index (χ1n) is 20.5. The number of pyridine rings is 2. The van der Waals surface area contributed by atoms with E-state index in [1.54, 1.807) is 0 Å². The lowest BCUT2D eigenvalue weighted by Crippen LogP contribution is -2.32. The monoisotopic (exact) mass is 773 g/mol. The van der Waals surface area contributed by atoms with Gasteiger partial charge in [0.1, 0.15) is 17.3 Å². The second kappa shape index (κ2) is 14.1. The molecule has 0 aliphatic carbocycles. The maximum atomic E-state index is 6.71. The maximum absolute atomic E-state index is 6.71. The first kappa shape index (κ1) is 38.0. The summed E-state index contributed by atoms with van der Waals surface area (Å²) >= 11 is 0. The molecule has 0 spiro atoms. The normalized spacial score (nSPS) is 12.5. The highest BCUT2D eigenvalue weighted by molar-refractivity contribution is 6.09. The average molecular weight is 774 g/mol. The number of rotatable bonds is 6. The summed E-state index contributed by atoms with van der Waals surface area (Å²) in [6.07, 6.45) is 7.49. The van der Waals surface area contributed by atoms with Crippen LogP contribution in [0.2, 0.25) is 0 Å². The van der Waals surface area contributed by atoms with Gasteiger partial charge in [-0.3, -0.25) is 18.7 Å². The largest absolute Gasteiger partial charge is 0.458 e. The Morgan fingerprint density at radius 3 is 1.86 bits per heavy atom. The van der Waals surface area contributed by atoms with Crippen LogP contribution in [-0.2, 0) is 16.2 Å². The second-order valence-corrected chi connectivity index (χ2v) is 18.7. The van der Waals surface area contributed by atoms with Gasteiger partial charge in [0.2, 0.25) is 0 Å². The topological polar surface area (TPSA) is 48.8 Å². The van der Waals surface area contributed by atoms with Crippen LogP contribution in [0.25, 0.3) is 61.3 Å². The third kappa shape index (κ3) is 7.07. The van der Waals surface area contributed by atoms with Crippen LogP contribution in [0.4, 0.5) is 0 Å². The van der Waals surface area contributed by atoms with Crippen molar-refractivity contribution in [3.8, 4) is 39.9 Å². The van der Waals surface area contributed by atoms with Gasteiger partial charge in [0.15, 0.2) is 5.82 Å². The highest BCUT2D eigenvalue weighted by atomic mass is 16.5.